The van der Waals surface area contributed by atoms with Crippen molar-refractivity contribution in [3.8, 4) is 11.5 Å². The predicted octanol–water partition coefficient (Wildman–Crippen LogP) is 8.98. The number of nitrogens with zero attached hydrogens (tertiary/aromatic N) is 2. The fraction of sp³-hybridized carbons (Fsp3) is 0.600. The van der Waals surface area contributed by atoms with Crippen LogP contribution in [0.15, 0.2) is 34.3 Å². The molecule has 4 nitrogen and oxygen atoms in total. The minimum absolute atomic E-state index is 0.0684. The number of aliphatic imine (C=N–C) groups is 2. The highest BCUT2D eigenvalue weighted by molar-refractivity contribution is 5.86. The van der Waals surface area contributed by atoms with Gasteiger partial charge in [-0.3, -0.25) is 9.98 Å². The van der Waals surface area contributed by atoms with Gasteiger partial charge in [0.25, 0.3) is 0 Å². The highest BCUT2D eigenvalue weighted by Gasteiger charge is 2.26. The molecule has 0 spiro atoms. The zero-order valence-electron chi connectivity index (χ0n) is 26.1. The van der Waals surface area contributed by atoms with Crippen molar-refractivity contribution in [3.63, 3.8) is 0 Å². The number of phenolic OH excluding ortho intramolecular Hbond substituents is 2. The van der Waals surface area contributed by atoms with Crippen LogP contribution in [0.4, 0.5) is 0 Å². The Labute approximate surface area is 237 Å². The van der Waals surface area contributed by atoms with Crippen LogP contribution >= 0.6 is 0 Å². The van der Waals surface area contributed by atoms with E-state index < -0.39 is 0 Å². The number of rotatable bonds is 8. The summed E-state index contributed by atoms with van der Waals surface area (Å²) in [5.74, 6) is 1.15. The molecule has 0 amide bonds. The fourth-order valence-corrected chi connectivity index (χ4v) is 5.62. The molecule has 1 aliphatic rings. The van der Waals surface area contributed by atoms with Gasteiger partial charge in [-0.2, -0.15) is 0 Å². The van der Waals surface area contributed by atoms with E-state index in [4.69, 9.17) is 9.98 Å². The predicted molar refractivity (Wildman–Crippen MR) is 167 cm³/mol. The summed E-state index contributed by atoms with van der Waals surface area (Å²) >= 11 is 0. The molecule has 0 heterocycles. The second-order valence-electron chi connectivity index (χ2n) is 14.7. The third kappa shape index (κ3) is 8.68. The summed E-state index contributed by atoms with van der Waals surface area (Å²) in [6.07, 6.45) is 8.65. The molecule has 0 saturated heterocycles. The molecule has 2 atom stereocenters. The van der Waals surface area contributed by atoms with E-state index in [0.717, 1.165) is 54.4 Å². The molecule has 39 heavy (non-hydrogen) atoms. The highest BCUT2D eigenvalue weighted by atomic mass is 16.3. The van der Waals surface area contributed by atoms with Crippen molar-refractivity contribution in [2.24, 2.45) is 20.8 Å². The molecule has 1 aliphatic carbocycles. The second kappa shape index (κ2) is 12.3. The zero-order chi connectivity index (χ0) is 29.1. The number of hydrogen-bond acceptors (Lipinski definition) is 4. The van der Waals surface area contributed by atoms with Gasteiger partial charge < -0.3 is 10.2 Å². The summed E-state index contributed by atoms with van der Waals surface area (Å²) in [6.45, 7) is 21.9. The van der Waals surface area contributed by atoms with E-state index in [1.165, 1.54) is 11.1 Å². The molecule has 214 valence electrons. The van der Waals surface area contributed by atoms with E-state index >= 15 is 0 Å². The van der Waals surface area contributed by atoms with Gasteiger partial charge in [-0.1, -0.05) is 81.4 Å². The highest BCUT2D eigenvalue weighted by Crippen LogP contribution is 2.35. The maximum Gasteiger partial charge on any atom is 0.127 e. The van der Waals surface area contributed by atoms with Crippen molar-refractivity contribution in [3.05, 3.63) is 57.6 Å². The number of benzene rings is 2. The van der Waals surface area contributed by atoms with Gasteiger partial charge in [0, 0.05) is 23.6 Å². The van der Waals surface area contributed by atoms with Gasteiger partial charge in [0.05, 0.1) is 12.1 Å². The van der Waals surface area contributed by atoms with Crippen LogP contribution in [0.1, 0.15) is 134 Å². The van der Waals surface area contributed by atoms with Crippen LogP contribution in [0, 0.1) is 10.8 Å². The summed E-state index contributed by atoms with van der Waals surface area (Å²) in [5.41, 5.74) is 6.34. The van der Waals surface area contributed by atoms with Crippen molar-refractivity contribution in [2.75, 3.05) is 0 Å². The van der Waals surface area contributed by atoms with E-state index in [-0.39, 0.29) is 34.7 Å². The molecule has 3 rings (SSSR count). The van der Waals surface area contributed by atoms with Crippen LogP contribution < -0.4 is 0 Å². The van der Waals surface area contributed by atoms with Crippen molar-refractivity contribution in [1.82, 2.24) is 0 Å². The number of aromatic hydroxyl groups is 2. The summed E-state index contributed by atoms with van der Waals surface area (Å²) in [5, 5.41) is 22.1. The maximum absolute atomic E-state index is 11.0. The van der Waals surface area contributed by atoms with E-state index in [0.29, 0.717) is 11.5 Å². The van der Waals surface area contributed by atoms with Crippen molar-refractivity contribution < 1.29 is 10.2 Å². The standard InChI is InChI=1S/C35H52N2O2/c1-22(2)28-16-24(18-34(5,6)7)14-26(32(28)38)20-36-30-12-11-13-31(30)37-21-27-15-25(19-35(8,9)10)17-29(23(3)4)33(27)39/h14-17,20-23,30-31,38-39H,11-13,18-19H2,1-10H3. The van der Waals surface area contributed by atoms with E-state index in [1.807, 2.05) is 12.4 Å². The molecule has 1 saturated carbocycles. The van der Waals surface area contributed by atoms with Gasteiger partial charge in [-0.25, -0.2) is 0 Å². The molecular formula is C35H52N2O2. The summed E-state index contributed by atoms with van der Waals surface area (Å²) in [4.78, 5) is 9.92. The minimum Gasteiger partial charge on any atom is -0.507 e. The first-order chi connectivity index (χ1) is 18.0. The molecular weight excluding hydrogens is 480 g/mol. The van der Waals surface area contributed by atoms with Gasteiger partial charge >= 0.3 is 0 Å². The first-order valence-electron chi connectivity index (χ1n) is 14.8. The van der Waals surface area contributed by atoms with Gasteiger partial charge in [-0.05, 0) is 89.2 Å². The van der Waals surface area contributed by atoms with Gasteiger partial charge in [0.1, 0.15) is 11.5 Å². The molecule has 0 aliphatic heterocycles. The van der Waals surface area contributed by atoms with Crippen molar-refractivity contribution in [2.45, 2.75) is 125 Å². The van der Waals surface area contributed by atoms with Crippen LogP contribution in [0.25, 0.3) is 0 Å². The van der Waals surface area contributed by atoms with Gasteiger partial charge in [0.15, 0.2) is 0 Å². The molecule has 4 heteroatoms. The Morgan fingerprint density at radius 1 is 0.692 bits per heavy atom. The molecule has 0 bridgehead atoms. The van der Waals surface area contributed by atoms with E-state index in [1.54, 1.807) is 0 Å². The Bertz CT molecular complexity index is 1100. The van der Waals surface area contributed by atoms with E-state index in [2.05, 4.69) is 93.5 Å². The van der Waals surface area contributed by atoms with Crippen LogP contribution in [-0.4, -0.2) is 34.7 Å². The summed E-state index contributed by atoms with van der Waals surface area (Å²) in [7, 11) is 0. The molecule has 1 fully saturated rings. The average Bonchev–Trinajstić information content (AvgIpc) is 3.24. The lowest BCUT2D eigenvalue weighted by Gasteiger charge is -2.21. The SMILES string of the molecule is CC(C)c1cc(CC(C)(C)C)cc(C=NC2CCCC2N=Cc2cc(CC(C)(C)C)cc(C(C)C)c2O)c1O. The Kier molecular flexibility index (Phi) is 9.73. The largest absolute Gasteiger partial charge is 0.507 e. The smallest absolute Gasteiger partial charge is 0.127 e. The van der Waals surface area contributed by atoms with Crippen LogP contribution in [0.3, 0.4) is 0 Å². The molecule has 2 aromatic carbocycles. The Hall–Kier alpha value is -2.62. The first-order valence-corrected chi connectivity index (χ1v) is 14.8. The minimum atomic E-state index is 0.0684. The van der Waals surface area contributed by atoms with Crippen molar-refractivity contribution in [1.29, 1.82) is 0 Å². The Balaban J connectivity index is 1.89. The monoisotopic (exact) mass is 532 g/mol. The Morgan fingerprint density at radius 3 is 1.36 bits per heavy atom. The molecule has 0 radical (unpaired) electrons. The summed E-state index contributed by atoms with van der Waals surface area (Å²) < 4.78 is 0. The summed E-state index contributed by atoms with van der Waals surface area (Å²) in [6, 6.07) is 8.62. The first kappa shape index (κ1) is 30.9. The van der Waals surface area contributed by atoms with Crippen LogP contribution in [0.5, 0.6) is 11.5 Å². The van der Waals surface area contributed by atoms with Gasteiger partial charge in [-0.15, -0.1) is 0 Å². The number of phenols is 2. The number of hydrogen-bond donors (Lipinski definition) is 2. The average molecular weight is 533 g/mol. The molecule has 2 unspecified atom stereocenters. The zero-order valence-corrected chi connectivity index (χ0v) is 26.1. The molecule has 2 aromatic rings. The third-order valence-corrected chi connectivity index (χ3v) is 7.42. The van der Waals surface area contributed by atoms with E-state index in [9.17, 15) is 10.2 Å². The second-order valence-corrected chi connectivity index (χ2v) is 14.7. The lowest BCUT2D eigenvalue weighted by molar-refractivity contribution is 0.409. The van der Waals surface area contributed by atoms with Crippen LogP contribution in [0.2, 0.25) is 0 Å². The van der Waals surface area contributed by atoms with Crippen LogP contribution in [-0.2, 0) is 12.8 Å². The molecule has 0 aromatic heterocycles. The maximum atomic E-state index is 11.0. The third-order valence-electron chi connectivity index (χ3n) is 7.42. The lowest BCUT2D eigenvalue weighted by Crippen LogP contribution is -2.16. The fourth-order valence-electron chi connectivity index (χ4n) is 5.62. The lowest BCUT2D eigenvalue weighted by atomic mass is 9.85. The topological polar surface area (TPSA) is 65.2 Å². The quantitative estimate of drug-likeness (QED) is 0.333. The Morgan fingerprint density at radius 2 is 1.05 bits per heavy atom. The van der Waals surface area contributed by atoms with Gasteiger partial charge in [0.2, 0.25) is 0 Å². The normalized spacial score (nSPS) is 18.9. The molecule has 2 N–H and O–H groups in total. The van der Waals surface area contributed by atoms with Crippen molar-refractivity contribution >= 4 is 12.4 Å².